The van der Waals surface area contributed by atoms with E-state index >= 15 is 0 Å². The second-order valence-corrected chi connectivity index (χ2v) is 15.1. The Labute approximate surface area is 250 Å². The van der Waals surface area contributed by atoms with E-state index in [9.17, 15) is 0 Å². The van der Waals surface area contributed by atoms with Crippen LogP contribution in [0.4, 0.5) is 0 Å². The summed E-state index contributed by atoms with van der Waals surface area (Å²) >= 11 is 6.73. The Morgan fingerprint density at radius 2 is 1.07 bits per heavy atom. The summed E-state index contributed by atoms with van der Waals surface area (Å²) < 4.78 is 0. The minimum atomic E-state index is -2.30. The maximum absolute atomic E-state index is 6.73. The number of hydrogen-bond acceptors (Lipinski definition) is 2. The van der Waals surface area contributed by atoms with Crippen molar-refractivity contribution in [1.29, 1.82) is 0 Å². The summed E-state index contributed by atoms with van der Waals surface area (Å²) in [6.07, 6.45) is 1.88. The van der Waals surface area contributed by atoms with Gasteiger partial charge >= 0.3 is 0 Å². The summed E-state index contributed by atoms with van der Waals surface area (Å²) in [4.78, 5) is 4.77. The lowest BCUT2D eigenvalue weighted by Crippen LogP contribution is -2.24. The second kappa shape index (κ2) is 10.0. The summed E-state index contributed by atoms with van der Waals surface area (Å²) in [5.41, 5.74) is 3.39. The van der Waals surface area contributed by atoms with Gasteiger partial charge in [0.1, 0.15) is 0 Å². The van der Waals surface area contributed by atoms with Gasteiger partial charge in [-0.3, -0.25) is 4.98 Å². The van der Waals surface area contributed by atoms with Gasteiger partial charge in [-0.05, 0) is 77.6 Å². The summed E-state index contributed by atoms with van der Waals surface area (Å²) in [7, 11) is 0. The van der Waals surface area contributed by atoms with Crippen LogP contribution in [0.5, 0.6) is 0 Å². The van der Waals surface area contributed by atoms with Crippen LogP contribution in [-0.4, -0.2) is 4.98 Å². The first-order valence-corrected chi connectivity index (χ1v) is 17.0. The van der Waals surface area contributed by atoms with Crippen LogP contribution in [0.2, 0.25) is 0 Å². The predicted molar refractivity (Wildman–Crippen MR) is 186 cm³/mol. The predicted octanol–water partition coefficient (Wildman–Crippen LogP) is 9.12. The Balaban J connectivity index is 1.35. The van der Waals surface area contributed by atoms with E-state index in [1.54, 1.807) is 0 Å². The highest BCUT2D eigenvalue weighted by Crippen LogP contribution is 2.44. The molecular formula is C39H26NPS. The molecule has 0 saturated heterocycles. The smallest absolute Gasteiger partial charge is 0.0714 e. The second-order valence-electron chi connectivity index (χ2n) is 10.7. The van der Waals surface area contributed by atoms with Gasteiger partial charge in [-0.25, -0.2) is 0 Å². The SMILES string of the molecule is S=P(c1ccccc1)(c1ccc(-c2c3cccnc3cc3c2ccc2ccccc23)cc1)c1ccc2ccccc2c1. The Hall–Kier alpha value is -4.62. The lowest BCUT2D eigenvalue weighted by Gasteiger charge is -2.25. The summed E-state index contributed by atoms with van der Waals surface area (Å²) in [6, 6.07) is 52.2. The van der Waals surface area contributed by atoms with E-state index in [0.29, 0.717) is 0 Å². The van der Waals surface area contributed by atoms with Crippen molar-refractivity contribution in [1.82, 2.24) is 4.98 Å². The van der Waals surface area contributed by atoms with Crippen LogP contribution in [0.1, 0.15) is 0 Å². The molecule has 8 aromatic rings. The molecule has 0 spiro atoms. The molecular weight excluding hydrogens is 545 g/mol. The van der Waals surface area contributed by atoms with Crippen LogP contribution in [0.15, 0.2) is 158 Å². The minimum Gasteiger partial charge on any atom is -0.256 e. The molecule has 1 aromatic heterocycles. The van der Waals surface area contributed by atoms with Crippen molar-refractivity contribution in [2.45, 2.75) is 0 Å². The molecule has 0 fully saturated rings. The highest BCUT2D eigenvalue weighted by molar-refractivity contribution is 8.25. The average Bonchev–Trinajstić information content (AvgIpc) is 3.07. The molecule has 0 aliphatic rings. The summed E-state index contributed by atoms with van der Waals surface area (Å²) in [5.74, 6) is 0. The van der Waals surface area contributed by atoms with E-state index in [0.717, 1.165) is 10.9 Å². The first-order chi connectivity index (χ1) is 20.7. The number of aromatic nitrogens is 1. The van der Waals surface area contributed by atoms with Gasteiger partial charge in [0.2, 0.25) is 0 Å². The summed E-state index contributed by atoms with van der Waals surface area (Å²) in [5, 5.41) is 12.2. The Bertz CT molecular complexity index is 2320. The van der Waals surface area contributed by atoms with Crippen LogP contribution in [-0.2, 0) is 11.8 Å². The highest BCUT2D eigenvalue weighted by Gasteiger charge is 2.25. The lowest BCUT2D eigenvalue weighted by molar-refractivity contribution is 1.42. The molecule has 0 aliphatic heterocycles. The van der Waals surface area contributed by atoms with Crippen LogP contribution in [0, 0.1) is 0 Å². The molecule has 1 nitrogen and oxygen atoms in total. The minimum absolute atomic E-state index is 1.01. The Kier molecular flexibility index (Phi) is 6.00. The van der Waals surface area contributed by atoms with Crippen molar-refractivity contribution in [3.8, 4) is 11.1 Å². The van der Waals surface area contributed by atoms with E-state index in [1.807, 2.05) is 12.3 Å². The van der Waals surface area contributed by atoms with Gasteiger partial charge in [-0.2, -0.15) is 0 Å². The van der Waals surface area contributed by atoms with Gasteiger partial charge in [0.25, 0.3) is 0 Å². The van der Waals surface area contributed by atoms with Crippen LogP contribution in [0.25, 0.3) is 54.3 Å². The third-order valence-electron chi connectivity index (χ3n) is 8.37. The molecule has 0 radical (unpaired) electrons. The van der Waals surface area contributed by atoms with Crippen molar-refractivity contribution in [3.05, 3.63) is 158 Å². The monoisotopic (exact) mass is 571 g/mol. The third kappa shape index (κ3) is 3.99. The zero-order chi connectivity index (χ0) is 28.1. The number of pyridine rings is 1. The Morgan fingerprint density at radius 3 is 1.90 bits per heavy atom. The zero-order valence-electron chi connectivity index (χ0n) is 22.8. The fourth-order valence-electron chi connectivity index (χ4n) is 6.30. The molecule has 0 bridgehead atoms. The number of hydrogen-bond donors (Lipinski definition) is 0. The van der Waals surface area contributed by atoms with Gasteiger partial charge in [-0.1, -0.05) is 145 Å². The van der Waals surface area contributed by atoms with Crippen molar-refractivity contribution in [2.24, 2.45) is 0 Å². The van der Waals surface area contributed by atoms with E-state index in [-0.39, 0.29) is 0 Å². The molecule has 0 saturated carbocycles. The van der Waals surface area contributed by atoms with Gasteiger partial charge in [-0.15, -0.1) is 0 Å². The molecule has 0 amide bonds. The quantitative estimate of drug-likeness (QED) is 0.119. The number of benzene rings is 7. The summed E-state index contributed by atoms with van der Waals surface area (Å²) in [6.45, 7) is 0. The Morgan fingerprint density at radius 1 is 0.429 bits per heavy atom. The zero-order valence-corrected chi connectivity index (χ0v) is 24.5. The molecule has 1 heterocycles. The molecule has 0 aliphatic carbocycles. The third-order valence-corrected chi connectivity index (χ3v) is 13.3. The largest absolute Gasteiger partial charge is 0.256 e. The number of nitrogens with zero attached hydrogens (tertiary/aromatic N) is 1. The molecule has 198 valence electrons. The van der Waals surface area contributed by atoms with Gasteiger partial charge < -0.3 is 0 Å². The number of rotatable bonds is 4. The molecule has 7 aromatic carbocycles. The van der Waals surface area contributed by atoms with Crippen molar-refractivity contribution >= 4 is 77.0 Å². The van der Waals surface area contributed by atoms with Crippen molar-refractivity contribution < 1.29 is 0 Å². The van der Waals surface area contributed by atoms with E-state index in [2.05, 4.69) is 146 Å². The maximum atomic E-state index is 6.73. The first kappa shape index (κ1) is 25.1. The molecule has 1 atom stereocenters. The van der Waals surface area contributed by atoms with E-state index < -0.39 is 6.04 Å². The molecule has 3 heteroatoms. The first-order valence-electron chi connectivity index (χ1n) is 14.2. The van der Waals surface area contributed by atoms with Crippen molar-refractivity contribution in [2.75, 3.05) is 0 Å². The van der Waals surface area contributed by atoms with Crippen LogP contribution >= 0.6 is 6.04 Å². The van der Waals surface area contributed by atoms with E-state index in [4.69, 9.17) is 16.8 Å². The lowest BCUT2D eigenvalue weighted by atomic mass is 9.91. The maximum Gasteiger partial charge on any atom is 0.0714 e. The average molecular weight is 572 g/mol. The van der Waals surface area contributed by atoms with Gasteiger partial charge in [0.15, 0.2) is 0 Å². The molecule has 42 heavy (non-hydrogen) atoms. The van der Waals surface area contributed by atoms with E-state index in [1.165, 1.54) is 59.4 Å². The van der Waals surface area contributed by atoms with Gasteiger partial charge in [0, 0.05) is 17.6 Å². The molecule has 0 N–H and O–H groups in total. The van der Waals surface area contributed by atoms with Crippen molar-refractivity contribution in [3.63, 3.8) is 0 Å². The molecule has 1 unspecified atom stereocenters. The van der Waals surface area contributed by atoms with Crippen LogP contribution in [0.3, 0.4) is 0 Å². The van der Waals surface area contributed by atoms with Crippen LogP contribution < -0.4 is 15.9 Å². The highest BCUT2D eigenvalue weighted by atomic mass is 32.4. The fourth-order valence-corrected chi connectivity index (χ4v) is 10.0. The topological polar surface area (TPSA) is 12.9 Å². The van der Waals surface area contributed by atoms with Gasteiger partial charge in [0.05, 0.1) is 5.52 Å². The standard InChI is InChI=1S/C39H26NPS/c42-41(31-12-2-1-3-13-31,33-22-16-27-9-4-5-11-30(27)25-33)32-20-17-29(18-21-32)39-35-23-19-28-10-6-7-14-34(28)37(35)26-38-36(39)15-8-24-40-38/h1-26H. The fraction of sp³-hybridized carbons (Fsp3) is 0. The normalized spacial score (nSPS) is 13.0. The number of fused-ring (bicyclic) bond motifs is 5. The molecule has 8 rings (SSSR count).